The van der Waals surface area contributed by atoms with Gasteiger partial charge in [-0.25, -0.2) is 0 Å². The van der Waals surface area contributed by atoms with Crippen LogP contribution in [0.25, 0.3) is 0 Å². The molecule has 6 nitrogen and oxygen atoms in total. The van der Waals surface area contributed by atoms with Gasteiger partial charge in [-0.3, -0.25) is 4.79 Å². The second-order valence-electron chi connectivity index (χ2n) is 7.52. The van der Waals surface area contributed by atoms with Crippen LogP contribution in [0.2, 0.25) is 0 Å². The van der Waals surface area contributed by atoms with E-state index in [0.29, 0.717) is 24.3 Å². The van der Waals surface area contributed by atoms with Gasteiger partial charge in [0.25, 0.3) is 0 Å². The molecule has 0 aliphatic heterocycles. The van der Waals surface area contributed by atoms with E-state index in [4.69, 9.17) is 18.9 Å². The Morgan fingerprint density at radius 3 is 2.34 bits per heavy atom. The first kappa shape index (κ1) is 22.8. The van der Waals surface area contributed by atoms with Gasteiger partial charge >= 0.3 is 0 Å². The number of hydrogen-bond donors (Lipinski definition) is 1. The van der Waals surface area contributed by atoms with Crippen molar-refractivity contribution in [2.24, 2.45) is 11.3 Å². The molecular formula is C23H32O6. The summed E-state index contributed by atoms with van der Waals surface area (Å²) < 4.78 is 21.5. The minimum Gasteiger partial charge on any atom is -0.508 e. The molecule has 0 radical (unpaired) electrons. The fraction of sp³-hybridized carbons (Fsp3) is 0.522. The van der Waals surface area contributed by atoms with E-state index in [2.05, 4.69) is 20.4 Å². The van der Waals surface area contributed by atoms with Gasteiger partial charge < -0.3 is 24.1 Å². The zero-order valence-corrected chi connectivity index (χ0v) is 18.2. The zero-order chi connectivity index (χ0) is 21.8. The molecule has 0 unspecified atom stereocenters. The van der Waals surface area contributed by atoms with Crippen molar-refractivity contribution in [3.05, 3.63) is 47.9 Å². The first-order valence-electron chi connectivity index (χ1n) is 9.68. The number of methoxy groups -OCH3 is 4. The number of carbonyl (C=O) groups excluding carboxylic acids is 1. The van der Waals surface area contributed by atoms with Gasteiger partial charge in [0, 0.05) is 12.5 Å². The molecule has 0 spiro atoms. The molecule has 1 aromatic rings. The average molecular weight is 405 g/mol. The Morgan fingerprint density at radius 2 is 1.83 bits per heavy atom. The van der Waals surface area contributed by atoms with Crippen molar-refractivity contribution in [3.8, 4) is 11.5 Å². The molecule has 0 fully saturated rings. The first-order chi connectivity index (χ1) is 13.8. The van der Waals surface area contributed by atoms with E-state index in [0.717, 1.165) is 5.56 Å². The summed E-state index contributed by atoms with van der Waals surface area (Å²) in [6, 6.07) is 5.81. The molecular weight excluding hydrogens is 372 g/mol. The number of hydrogen-bond acceptors (Lipinski definition) is 6. The highest BCUT2D eigenvalue weighted by Crippen LogP contribution is 2.52. The van der Waals surface area contributed by atoms with Gasteiger partial charge in [0.1, 0.15) is 11.9 Å². The molecule has 0 amide bonds. The SMILES string of the molecule is C=CC[C@]1([C@H](C)[C@@H](C)c2ccc(OC)c(OC)c2)C[C@@H](OC)C(=O)C(OC)=C1O. The molecule has 6 heteroatoms. The normalized spacial score (nSPS) is 24.1. The molecule has 1 aliphatic rings. The van der Waals surface area contributed by atoms with Crippen molar-refractivity contribution < 1.29 is 28.8 Å². The third-order valence-electron chi connectivity index (χ3n) is 6.30. The van der Waals surface area contributed by atoms with E-state index < -0.39 is 11.5 Å². The smallest absolute Gasteiger partial charge is 0.229 e. The second-order valence-corrected chi connectivity index (χ2v) is 7.52. The van der Waals surface area contributed by atoms with Crippen molar-refractivity contribution in [2.75, 3.05) is 28.4 Å². The molecule has 0 saturated carbocycles. The fourth-order valence-electron chi connectivity index (χ4n) is 4.33. The lowest BCUT2D eigenvalue weighted by Crippen LogP contribution is -2.46. The summed E-state index contributed by atoms with van der Waals surface area (Å²) in [5.74, 6) is 0.875. The van der Waals surface area contributed by atoms with Crippen LogP contribution < -0.4 is 9.47 Å². The molecule has 0 aromatic heterocycles. The van der Waals surface area contributed by atoms with Crippen LogP contribution in [0.3, 0.4) is 0 Å². The van der Waals surface area contributed by atoms with Crippen molar-refractivity contribution in [1.82, 2.24) is 0 Å². The number of aliphatic hydroxyl groups is 1. The highest BCUT2D eigenvalue weighted by molar-refractivity contribution is 5.98. The second kappa shape index (κ2) is 9.35. The molecule has 1 aromatic carbocycles. The van der Waals surface area contributed by atoms with E-state index in [1.807, 2.05) is 18.2 Å². The molecule has 160 valence electrons. The van der Waals surface area contributed by atoms with Gasteiger partial charge in [0.05, 0.1) is 21.3 Å². The molecule has 0 heterocycles. The topological polar surface area (TPSA) is 74.2 Å². The van der Waals surface area contributed by atoms with Crippen LogP contribution in [0.15, 0.2) is 42.4 Å². The lowest BCUT2D eigenvalue weighted by molar-refractivity contribution is -0.134. The van der Waals surface area contributed by atoms with Crippen molar-refractivity contribution >= 4 is 5.78 Å². The largest absolute Gasteiger partial charge is 0.508 e. The monoisotopic (exact) mass is 404 g/mol. The quantitative estimate of drug-likeness (QED) is 0.615. The van der Waals surface area contributed by atoms with Gasteiger partial charge in [0.2, 0.25) is 11.5 Å². The summed E-state index contributed by atoms with van der Waals surface area (Å²) in [5, 5.41) is 11.1. The van der Waals surface area contributed by atoms with E-state index in [1.54, 1.807) is 20.3 Å². The fourth-order valence-corrected chi connectivity index (χ4v) is 4.33. The van der Waals surface area contributed by atoms with Gasteiger partial charge in [0.15, 0.2) is 11.5 Å². The van der Waals surface area contributed by atoms with E-state index in [9.17, 15) is 9.90 Å². The minimum absolute atomic E-state index is 0.0284. The van der Waals surface area contributed by atoms with Crippen LogP contribution >= 0.6 is 0 Å². The summed E-state index contributed by atoms with van der Waals surface area (Å²) in [5.41, 5.74) is 0.296. The number of aliphatic hydroxyl groups excluding tert-OH is 1. The third-order valence-corrected chi connectivity index (χ3v) is 6.30. The van der Waals surface area contributed by atoms with Gasteiger partial charge in [-0.15, -0.1) is 6.58 Å². The Morgan fingerprint density at radius 1 is 1.17 bits per heavy atom. The maximum atomic E-state index is 12.6. The number of ether oxygens (including phenoxy) is 4. The average Bonchev–Trinajstić information content (AvgIpc) is 2.74. The van der Waals surface area contributed by atoms with Crippen LogP contribution in [-0.2, 0) is 14.3 Å². The van der Waals surface area contributed by atoms with Crippen molar-refractivity contribution in [2.45, 2.75) is 38.7 Å². The maximum absolute atomic E-state index is 12.6. The summed E-state index contributed by atoms with van der Waals surface area (Å²) >= 11 is 0. The molecule has 1 N–H and O–H groups in total. The molecule has 4 atom stereocenters. The Kier molecular flexibility index (Phi) is 7.36. The summed E-state index contributed by atoms with van der Waals surface area (Å²) in [4.78, 5) is 12.6. The highest BCUT2D eigenvalue weighted by atomic mass is 16.5. The van der Waals surface area contributed by atoms with Crippen LogP contribution in [0.1, 0.15) is 38.2 Å². The molecule has 1 aliphatic carbocycles. The molecule has 0 saturated heterocycles. The van der Waals surface area contributed by atoms with E-state index >= 15 is 0 Å². The number of allylic oxidation sites excluding steroid dienone is 2. The number of ketones is 1. The number of Topliss-reactive ketones (excluding diaryl/α,β-unsaturated/α-hetero) is 1. The highest BCUT2D eigenvalue weighted by Gasteiger charge is 2.51. The van der Waals surface area contributed by atoms with Crippen molar-refractivity contribution in [1.29, 1.82) is 0 Å². The Labute approximate surface area is 173 Å². The standard InChI is InChI=1S/C23H32O6/c1-8-11-23(13-19(28-6)20(24)21(29-7)22(23)25)15(3)14(2)16-9-10-17(26-4)18(12-16)27-5/h8-10,12,14-15,19,25H,1,11,13H2,2-7H3/t14-,15-,19-,23-/m1/s1. The number of carbonyl (C=O) groups is 1. The zero-order valence-electron chi connectivity index (χ0n) is 18.2. The van der Waals surface area contributed by atoms with Crippen LogP contribution in [0.5, 0.6) is 11.5 Å². The van der Waals surface area contributed by atoms with Gasteiger partial charge in [-0.2, -0.15) is 0 Å². The minimum atomic E-state index is -0.742. The Hall–Kier alpha value is -2.47. The molecule has 2 rings (SSSR count). The molecule has 0 bridgehead atoms. The van der Waals surface area contributed by atoms with Crippen LogP contribution in [0.4, 0.5) is 0 Å². The summed E-state index contributed by atoms with van der Waals surface area (Å²) in [6.45, 7) is 8.04. The predicted molar refractivity (Wildman–Crippen MR) is 111 cm³/mol. The first-order valence-corrected chi connectivity index (χ1v) is 9.68. The van der Waals surface area contributed by atoms with E-state index in [-0.39, 0.29) is 29.1 Å². The summed E-state index contributed by atoms with van der Waals surface area (Å²) in [7, 11) is 6.09. The van der Waals surface area contributed by atoms with Crippen LogP contribution in [0, 0.1) is 11.3 Å². The molecule has 29 heavy (non-hydrogen) atoms. The third kappa shape index (κ3) is 3.99. The summed E-state index contributed by atoms with van der Waals surface area (Å²) in [6.07, 6.45) is 1.92. The Bertz CT molecular complexity index is 784. The predicted octanol–water partition coefficient (Wildman–Crippen LogP) is 4.41. The lowest BCUT2D eigenvalue weighted by Gasteiger charge is -2.45. The van der Waals surface area contributed by atoms with E-state index in [1.165, 1.54) is 14.2 Å². The van der Waals surface area contributed by atoms with Gasteiger partial charge in [-0.05, 0) is 42.4 Å². The lowest BCUT2D eigenvalue weighted by atomic mass is 9.61. The van der Waals surface area contributed by atoms with Crippen molar-refractivity contribution in [3.63, 3.8) is 0 Å². The number of benzene rings is 1. The van der Waals surface area contributed by atoms with Gasteiger partial charge in [-0.1, -0.05) is 26.0 Å². The maximum Gasteiger partial charge on any atom is 0.229 e. The van der Waals surface area contributed by atoms with Crippen LogP contribution in [-0.4, -0.2) is 45.4 Å². The Balaban J connectivity index is 2.55. The number of rotatable bonds is 9.